The Bertz CT molecular complexity index is 411. The number of nitrogens with one attached hydrogen (secondary N) is 1. The maximum atomic E-state index is 5.96. The molecular formula is C15H25BrN2O2. The van der Waals surface area contributed by atoms with Crippen LogP contribution in [0.15, 0.2) is 16.6 Å². The molecule has 0 radical (unpaired) electrons. The van der Waals surface area contributed by atoms with E-state index in [4.69, 9.17) is 9.47 Å². The summed E-state index contributed by atoms with van der Waals surface area (Å²) in [5.74, 6) is 0.986. The molecular weight excluding hydrogens is 320 g/mol. The molecule has 0 spiro atoms. The number of methoxy groups -OCH3 is 1. The molecule has 0 aliphatic carbocycles. The summed E-state index contributed by atoms with van der Waals surface area (Å²) in [7, 11) is 5.80. The number of likely N-dealkylation sites (N-methyl/N-ethyl adjacent to an activating group) is 1. The van der Waals surface area contributed by atoms with Crippen LogP contribution in [0.1, 0.15) is 11.1 Å². The third-order valence-electron chi connectivity index (χ3n) is 2.90. The summed E-state index contributed by atoms with van der Waals surface area (Å²) in [4.78, 5) is 2.12. The van der Waals surface area contributed by atoms with Crippen molar-refractivity contribution in [2.75, 3.05) is 47.5 Å². The molecule has 0 aliphatic heterocycles. The smallest absolute Gasteiger partial charge is 0.126 e. The lowest BCUT2D eigenvalue weighted by atomic mass is 10.1. The summed E-state index contributed by atoms with van der Waals surface area (Å²) in [6, 6.07) is 4.20. The Hall–Kier alpha value is -0.620. The second kappa shape index (κ2) is 9.34. The SMILES string of the molecule is COCCNCc1cc(Br)cc(C)c1OCCN(C)C. The third kappa shape index (κ3) is 6.22. The van der Waals surface area contributed by atoms with E-state index in [0.29, 0.717) is 13.2 Å². The average molecular weight is 345 g/mol. The minimum Gasteiger partial charge on any atom is -0.492 e. The summed E-state index contributed by atoms with van der Waals surface area (Å²) in [5, 5.41) is 3.36. The summed E-state index contributed by atoms with van der Waals surface area (Å²) < 4.78 is 12.1. The molecule has 0 unspecified atom stereocenters. The molecule has 4 nitrogen and oxygen atoms in total. The highest BCUT2D eigenvalue weighted by molar-refractivity contribution is 9.10. The van der Waals surface area contributed by atoms with E-state index in [1.165, 1.54) is 5.56 Å². The van der Waals surface area contributed by atoms with Crippen molar-refractivity contribution < 1.29 is 9.47 Å². The Morgan fingerprint density at radius 1 is 1.25 bits per heavy atom. The minimum absolute atomic E-state index is 0.695. The van der Waals surface area contributed by atoms with Gasteiger partial charge in [-0.2, -0.15) is 0 Å². The van der Waals surface area contributed by atoms with Crippen molar-refractivity contribution in [3.8, 4) is 5.75 Å². The standard InChI is InChI=1S/C15H25BrN2O2/c1-12-9-14(16)10-13(11-17-5-7-19-4)15(12)20-8-6-18(2)3/h9-10,17H,5-8,11H2,1-4H3. The largest absolute Gasteiger partial charge is 0.492 e. The van der Waals surface area contributed by atoms with Crippen molar-refractivity contribution in [2.45, 2.75) is 13.5 Å². The number of hydrogen-bond acceptors (Lipinski definition) is 4. The van der Waals surface area contributed by atoms with Gasteiger partial charge in [0, 0.05) is 36.8 Å². The van der Waals surface area contributed by atoms with Gasteiger partial charge in [-0.1, -0.05) is 15.9 Å². The molecule has 1 N–H and O–H groups in total. The number of rotatable bonds is 9. The van der Waals surface area contributed by atoms with Crippen LogP contribution in [-0.2, 0) is 11.3 Å². The predicted octanol–water partition coefficient (Wildman–Crippen LogP) is 2.43. The third-order valence-corrected chi connectivity index (χ3v) is 3.36. The van der Waals surface area contributed by atoms with Crippen molar-refractivity contribution in [1.29, 1.82) is 0 Å². The van der Waals surface area contributed by atoms with Gasteiger partial charge >= 0.3 is 0 Å². The fourth-order valence-electron chi connectivity index (χ4n) is 1.86. The molecule has 0 aliphatic rings. The van der Waals surface area contributed by atoms with Crippen LogP contribution in [0.2, 0.25) is 0 Å². The van der Waals surface area contributed by atoms with Crippen molar-refractivity contribution in [3.63, 3.8) is 0 Å². The number of halogens is 1. The highest BCUT2D eigenvalue weighted by atomic mass is 79.9. The topological polar surface area (TPSA) is 33.7 Å². The average Bonchev–Trinajstić information content (AvgIpc) is 2.37. The minimum atomic E-state index is 0.695. The Morgan fingerprint density at radius 2 is 2.00 bits per heavy atom. The summed E-state index contributed by atoms with van der Waals surface area (Å²) in [6.07, 6.45) is 0. The van der Waals surface area contributed by atoms with Gasteiger partial charge in [-0.25, -0.2) is 0 Å². The van der Waals surface area contributed by atoms with Gasteiger partial charge in [-0.05, 0) is 38.7 Å². The van der Waals surface area contributed by atoms with Crippen LogP contribution in [-0.4, -0.2) is 52.4 Å². The monoisotopic (exact) mass is 344 g/mol. The Morgan fingerprint density at radius 3 is 2.65 bits per heavy atom. The first kappa shape index (κ1) is 17.4. The van der Waals surface area contributed by atoms with Gasteiger partial charge in [-0.15, -0.1) is 0 Å². The van der Waals surface area contributed by atoms with Gasteiger partial charge in [0.25, 0.3) is 0 Å². The lowest BCUT2D eigenvalue weighted by molar-refractivity contribution is 0.199. The first-order valence-electron chi connectivity index (χ1n) is 6.80. The normalized spacial score (nSPS) is 11.1. The molecule has 0 fully saturated rings. The molecule has 0 saturated heterocycles. The molecule has 0 atom stereocenters. The maximum Gasteiger partial charge on any atom is 0.126 e. The van der Waals surface area contributed by atoms with E-state index < -0.39 is 0 Å². The van der Waals surface area contributed by atoms with Crippen LogP contribution in [0.25, 0.3) is 0 Å². The lowest BCUT2D eigenvalue weighted by Gasteiger charge is -2.17. The molecule has 0 saturated carbocycles. The number of nitrogens with zero attached hydrogens (tertiary/aromatic N) is 1. The summed E-state index contributed by atoms with van der Waals surface area (Å²) >= 11 is 3.54. The van der Waals surface area contributed by atoms with Crippen LogP contribution >= 0.6 is 15.9 Å². The molecule has 0 amide bonds. The summed E-state index contributed by atoms with van der Waals surface area (Å²) in [6.45, 7) is 6.00. The van der Waals surface area contributed by atoms with Gasteiger partial charge in [-0.3, -0.25) is 0 Å². The van der Waals surface area contributed by atoms with E-state index >= 15 is 0 Å². The fourth-order valence-corrected chi connectivity index (χ4v) is 2.48. The molecule has 0 bridgehead atoms. The van der Waals surface area contributed by atoms with Crippen molar-refractivity contribution in [2.24, 2.45) is 0 Å². The van der Waals surface area contributed by atoms with E-state index in [-0.39, 0.29) is 0 Å². The van der Waals surface area contributed by atoms with Crippen molar-refractivity contribution in [1.82, 2.24) is 10.2 Å². The molecule has 1 rings (SSSR count). The predicted molar refractivity (Wildman–Crippen MR) is 86.5 cm³/mol. The summed E-state index contributed by atoms with van der Waals surface area (Å²) in [5.41, 5.74) is 2.33. The molecule has 0 heterocycles. The van der Waals surface area contributed by atoms with Gasteiger partial charge in [0.15, 0.2) is 0 Å². The Labute approximate surface area is 130 Å². The zero-order chi connectivity index (χ0) is 15.0. The van der Waals surface area contributed by atoms with Crippen LogP contribution in [0.4, 0.5) is 0 Å². The molecule has 5 heteroatoms. The van der Waals surface area contributed by atoms with Crippen LogP contribution in [0.5, 0.6) is 5.75 Å². The van der Waals surface area contributed by atoms with Gasteiger partial charge in [0.1, 0.15) is 12.4 Å². The van der Waals surface area contributed by atoms with E-state index in [0.717, 1.165) is 35.4 Å². The molecule has 20 heavy (non-hydrogen) atoms. The molecule has 1 aromatic rings. The van der Waals surface area contributed by atoms with Crippen LogP contribution in [0, 0.1) is 6.92 Å². The first-order chi connectivity index (χ1) is 9.54. The van der Waals surface area contributed by atoms with E-state index in [2.05, 4.69) is 45.2 Å². The van der Waals surface area contributed by atoms with E-state index in [1.807, 2.05) is 14.1 Å². The quantitative estimate of drug-likeness (QED) is 0.697. The molecule has 1 aromatic carbocycles. The fraction of sp³-hybridized carbons (Fsp3) is 0.600. The van der Waals surface area contributed by atoms with E-state index in [9.17, 15) is 0 Å². The number of ether oxygens (including phenoxy) is 2. The number of hydrogen-bond donors (Lipinski definition) is 1. The maximum absolute atomic E-state index is 5.96. The highest BCUT2D eigenvalue weighted by Gasteiger charge is 2.09. The highest BCUT2D eigenvalue weighted by Crippen LogP contribution is 2.28. The van der Waals surface area contributed by atoms with E-state index in [1.54, 1.807) is 7.11 Å². The van der Waals surface area contributed by atoms with Gasteiger partial charge in [0.05, 0.1) is 6.61 Å². The second-order valence-electron chi connectivity index (χ2n) is 5.03. The van der Waals surface area contributed by atoms with Crippen LogP contribution < -0.4 is 10.1 Å². The number of benzene rings is 1. The van der Waals surface area contributed by atoms with Gasteiger partial charge in [0.2, 0.25) is 0 Å². The zero-order valence-corrected chi connectivity index (χ0v) is 14.4. The van der Waals surface area contributed by atoms with Crippen molar-refractivity contribution >= 4 is 15.9 Å². The molecule has 0 aromatic heterocycles. The zero-order valence-electron chi connectivity index (χ0n) is 12.8. The second-order valence-corrected chi connectivity index (χ2v) is 5.95. The first-order valence-corrected chi connectivity index (χ1v) is 7.60. The van der Waals surface area contributed by atoms with Crippen molar-refractivity contribution in [3.05, 3.63) is 27.7 Å². The van der Waals surface area contributed by atoms with Crippen LogP contribution in [0.3, 0.4) is 0 Å². The molecule has 114 valence electrons. The Kier molecular flexibility index (Phi) is 8.14. The van der Waals surface area contributed by atoms with Gasteiger partial charge < -0.3 is 19.7 Å². The Balaban J connectivity index is 2.68. The lowest BCUT2D eigenvalue weighted by Crippen LogP contribution is -2.22. The number of aryl methyl sites for hydroxylation is 1.